The van der Waals surface area contributed by atoms with Gasteiger partial charge >= 0.3 is 0 Å². The Labute approximate surface area is 145 Å². The van der Waals surface area contributed by atoms with Crippen molar-refractivity contribution in [3.05, 3.63) is 22.2 Å². The molecular formula is C17H23BrN2O3. The van der Waals surface area contributed by atoms with Crippen molar-refractivity contribution in [2.24, 2.45) is 11.8 Å². The number of methoxy groups -OCH3 is 1. The van der Waals surface area contributed by atoms with Crippen LogP contribution in [0.25, 0.3) is 0 Å². The highest BCUT2D eigenvalue weighted by molar-refractivity contribution is 9.10. The first-order valence-electron chi connectivity index (χ1n) is 8.14. The van der Waals surface area contributed by atoms with Crippen LogP contribution < -0.4 is 14.8 Å². The molecule has 2 aliphatic rings. The normalized spacial score (nSPS) is 23.0. The summed E-state index contributed by atoms with van der Waals surface area (Å²) in [5, 5.41) is 3.40. The molecule has 0 aliphatic carbocycles. The lowest BCUT2D eigenvalue weighted by Crippen LogP contribution is -2.31. The van der Waals surface area contributed by atoms with E-state index in [1.54, 1.807) is 13.2 Å². The minimum atomic E-state index is 0.0699. The van der Waals surface area contributed by atoms with E-state index in [0.717, 1.165) is 37.1 Å². The Morgan fingerprint density at radius 2 is 2.04 bits per heavy atom. The number of rotatable bonds is 5. The van der Waals surface area contributed by atoms with Crippen LogP contribution in [0.3, 0.4) is 0 Å². The largest absolute Gasteiger partial charge is 0.493 e. The van der Waals surface area contributed by atoms with Gasteiger partial charge in [0.05, 0.1) is 18.2 Å². The summed E-state index contributed by atoms with van der Waals surface area (Å²) in [5.41, 5.74) is 0.644. The minimum Gasteiger partial charge on any atom is -0.493 e. The molecule has 1 amide bonds. The van der Waals surface area contributed by atoms with Crippen LogP contribution in [0.2, 0.25) is 0 Å². The molecule has 2 atom stereocenters. The Kier molecular flexibility index (Phi) is 5.11. The first kappa shape index (κ1) is 16.6. The molecule has 0 unspecified atom stereocenters. The summed E-state index contributed by atoms with van der Waals surface area (Å²) < 4.78 is 11.9. The van der Waals surface area contributed by atoms with Gasteiger partial charge in [0.15, 0.2) is 11.5 Å². The Morgan fingerprint density at radius 3 is 2.65 bits per heavy atom. The monoisotopic (exact) mass is 382 g/mol. The van der Waals surface area contributed by atoms with E-state index in [9.17, 15) is 4.79 Å². The van der Waals surface area contributed by atoms with Crippen LogP contribution in [0.1, 0.15) is 23.7 Å². The van der Waals surface area contributed by atoms with Crippen LogP contribution >= 0.6 is 15.9 Å². The Morgan fingerprint density at radius 1 is 1.35 bits per heavy atom. The van der Waals surface area contributed by atoms with Gasteiger partial charge in [0.25, 0.3) is 5.91 Å². The topological polar surface area (TPSA) is 50.8 Å². The first-order chi connectivity index (χ1) is 11.1. The fourth-order valence-electron chi connectivity index (χ4n) is 3.39. The number of halogens is 1. The Balaban J connectivity index is 1.79. The lowest BCUT2D eigenvalue weighted by Gasteiger charge is -2.19. The molecule has 2 aliphatic heterocycles. The van der Waals surface area contributed by atoms with Gasteiger partial charge in [0, 0.05) is 31.7 Å². The van der Waals surface area contributed by atoms with Crippen LogP contribution in [0.4, 0.5) is 0 Å². The van der Waals surface area contributed by atoms with E-state index in [-0.39, 0.29) is 5.91 Å². The smallest absolute Gasteiger partial charge is 0.254 e. The van der Waals surface area contributed by atoms with Crippen molar-refractivity contribution >= 4 is 21.8 Å². The highest BCUT2D eigenvalue weighted by atomic mass is 79.9. The number of nitrogens with one attached hydrogen (secondary N) is 1. The van der Waals surface area contributed by atoms with Gasteiger partial charge in [-0.25, -0.2) is 0 Å². The minimum absolute atomic E-state index is 0.0699. The summed E-state index contributed by atoms with van der Waals surface area (Å²) in [7, 11) is 1.60. The number of nitrogens with zero attached hydrogens (tertiary/aromatic N) is 1. The second-order valence-electron chi connectivity index (χ2n) is 6.23. The third-order valence-corrected chi connectivity index (χ3v) is 5.19. The lowest BCUT2D eigenvalue weighted by molar-refractivity contribution is 0.0781. The predicted octanol–water partition coefficient (Wildman–Crippen LogP) is 2.54. The van der Waals surface area contributed by atoms with Crippen molar-refractivity contribution < 1.29 is 14.3 Å². The average molecular weight is 383 g/mol. The van der Waals surface area contributed by atoms with Crippen molar-refractivity contribution in [3.8, 4) is 11.5 Å². The van der Waals surface area contributed by atoms with E-state index in [1.807, 2.05) is 11.0 Å². The second-order valence-corrected chi connectivity index (χ2v) is 7.08. The fourth-order valence-corrected chi connectivity index (χ4v) is 3.95. The van der Waals surface area contributed by atoms with Crippen LogP contribution in [0.5, 0.6) is 11.5 Å². The zero-order valence-electron chi connectivity index (χ0n) is 13.6. The number of carbonyl (C=O) groups excluding carboxylic acids is 1. The van der Waals surface area contributed by atoms with Gasteiger partial charge in [-0.3, -0.25) is 4.79 Å². The highest BCUT2D eigenvalue weighted by Crippen LogP contribution is 2.37. The fraction of sp³-hybridized carbons (Fsp3) is 0.588. The number of amides is 1. The summed E-state index contributed by atoms with van der Waals surface area (Å²) >= 11 is 3.51. The van der Waals surface area contributed by atoms with Crippen LogP contribution in [-0.4, -0.2) is 50.7 Å². The van der Waals surface area contributed by atoms with Gasteiger partial charge in [-0.2, -0.15) is 0 Å². The summed E-state index contributed by atoms with van der Waals surface area (Å²) in [6.45, 7) is 6.38. The number of fused-ring (bicyclic) bond motifs is 1. The number of ether oxygens (including phenoxy) is 2. The van der Waals surface area contributed by atoms with E-state index < -0.39 is 0 Å². The van der Waals surface area contributed by atoms with Crippen LogP contribution in [0, 0.1) is 11.8 Å². The van der Waals surface area contributed by atoms with Gasteiger partial charge in [-0.1, -0.05) is 6.92 Å². The quantitative estimate of drug-likeness (QED) is 0.849. The molecule has 3 rings (SSSR count). The molecule has 0 saturated carbocycles. The maximum absolute atomic E-state index is 12.8. The van der Waals surface area contributed by atoms with Crippen molar-refractivity contribution in [2.45, 2.75) is 13.3 Å². The van der Waals surface area contributed by atoms with Gasteiger partial charge in [0.2, 0.25) is 0 Å². The molecule has 1 aromatic rings. The maximum Gasteiger partial charge on any atom is 0.254 e. The SMILES string of the molecule is CCCOc1c(Br)cc(C(=O)N2C[C@H]3CNC[C@H]3C2)cc1OC. The molecule has 0 spiro atoms. The van der Waals surface area contributed by atoms with E-state index in [4.69, 9.17) is 9.47 Å². The molecule has 2 heterocycles. The van der Waals surface area contributed by atoms with Gasteiger partial charge in [-0.15, -0.1) is 0 Å². The maximum atomic E-state index is 12.8. The number of hydrogen-bond donors (Lipinski definition) is 1. The van der Waals surface area contributed by atoms with E-state index >= 15 is 0 Å². The summed E-state index contributed by atoms with van der Waals surface area (Å²) in [6, 6.07) is 3.62. The molecule has 6 heteroatoms. The Bertz CT molecular complexity index is 581. The van der Waals surface area contributed by atoms with Gasteiger partial charge < -0.3 is 19.7 Å². The van der Waals surface area contributed by atoms with Crippen molar-refractivity contribution in [3.63, 3.8) is 0 Å². The molecule has 0 radical (unpaired) electrons. The third-order valence-electron chi connectivity index (χ3n) is 4.60. The van der Waals surface area contributed by atoms with Crippen molar-refractivity contribution in [1.82, 2.24) is 10.2 Å². The molecule has 1 N–H and O–H groups in total. The molecular weight excluding hydrogens is 360 g/mol. The average Bonchev–Trinajstić information content (AvgIpc) is 3.13. The molecule has 1 aromatic carbocycles. The standard InChI is InChI=1S/C17H23BrN2O3/c1-3-4-23-16-14(18)5-11(6-15(16)22-2)17(21)20-9-12-7-19-8-13(12)10-20/h5-6,12-13,19H,3-4,7-10H2,1-2H3/t12-,13+. The number of benzene rings is 1. The molecule has 23 heavy (non-hydrogen) atoms. The predicted molar refractivity (Wildman–Crippen MR) is 92.2 cm³/mol. The molecule has 0 bridgehead atoms. The molecule has 2 fully saturated rings. The van der Waals surface area contributed by atoms with Crippen LogP contribution in [-0.2, 0) is 0 Å². The van der Waals surface area contributed by atoms with Gasteiger partial charge in [0.1, 0.15) is 0 Å². The molecule has 5 nitrogen and oxygen atoms in total. The zero-order chi connectivity index (χ0) is 16.4. The lowest BCUT2D eigenvalue weighted by atomic mass is 10.0. The number of carbonyl (C=O) groups is 1. The van der Waals surface area contributed by atoms with Gasteiger partial charge in [-0.05, 0) is 46.3 Å². The molecule has 2 saturated heterocycles. The van der Waals surface area contributed by atoms with Crippen LogP contribution in [0.15, 0.2) is 16.6 Å². The van der Waals surface area contributed by atoms with E-state index in [0.29, 0.717) is 35.5 Å². The number of likely N-dealkylation sites (tertiary alicyclic amines) is 1. The summed E-state index contributed by atoms with van der Waals surface area (Å²) in [6.07, 6.45) is 0.918. The third kappa shape index (κ3) is 3.33. The Hall–Kier alpha value is -1.27. The zero-order valence-corrected chi connectivity index (χ0v) is 15.2. The molecule has 0 aromatic heterocycles. The van der Waals surface area contributed by atoms with Crippen molar-refractivity contribution in [2.75, 3.05) is 39.9 Å². The number of hydrogen-bond acceptors (Lipinski definition) is 4. The highest BCUT2D eigenvalue weighted by Gasteiger charge is 2.38. The van der Waals surface area contributed by atoms with E-state index in [2.05, 4.69) is 28.2 Å². The summed E-state index contributed by atoms with van der Waals surface area (Å²) in [4.78, 5) is 14.8. The van der Waals surface area contributed by atoms with Crippen molar-refractivity contribution in [1.29, 1.82) is 0 Å². The van der Waals surface area contributed by atoms with E-state index in [1.165, 1.54) is 0 Å². The molecule has 126 valence electrons. The summed E-state index contributed by atoms with van der Waals surface area (Å²) in [5.74, 6) is 2.51. The second kappa shape index (κ2) is 7.09. The first-order valence-corrected chi connectivity index (χ1v) is 8.93.